The Morgan fingerprint density at radius 3 is 2.06 bits per heavy atom. The quantitative estimate of drug-likeness (QED) is 0.383. The molecule has 2 atom stereocenters. The smallest absolute Gasteiger partial charge is 0.315 e. The molecule has 4 aromatic carbocycles. The van der Waals surface area contributed by atoms with E-state index in [4.69, 9.17) is 10.5 Å². The molecule has 34 heavy (non-hydrogen) atoms. The molecule has 0 radical (unpaired) electrons. The van der Waals surface area contributed by atoms with Crippen molar-refractivity contribution in [3.05, 3.63) is 108 Å². The molecule has 0 saturated carbocycles. The SMILES string of the molecule is N[C@H](CC(=O)O)C(C(=O)OCC1c2ccccc2-c2ccccc21)c1ccc2ccccc2c1. The lowest BCUT2D eigenvalue weighted by Crippen LogP contribution is -2.37. The molecule has 1 aliphatic carbocycles. The molecular formula is C29H25NO4. The van der Waals surface area contributed by atoms with Gasteiger partial charge in [0.05, 0.1) is 12.3 Å². The maximum atomic E-state index is 13.4. The van der Waals surface area contributed by atoms with E-state index in [9.17, 15) is 14.7 Å². The van der Waals surface area contributed by atoms with Crippen LogP contribution in [0.2, 0.25) is 0 Å². The van der Waals surface area contributed by atoms with Gasteiger partial charge in [-0.25, -0.2) is 0 Å². The average Bonchev–Trinajstić information content (AvgIpc) is 3.16. The van der Waals surface area contributed by atoms with E-state index < -0.39 is 23.9 Å². The molecule has 1 aliphatic rings. The zero-order chi connectivity index (χ0) is 23.7. The molecule has 5 nitrogen and oxygen atoms in total. The molecule has 1 unspecified atom stereocenters. The Bertz CT molecular complexity index is 1330. The second-order valence-corrected chi connectivity index (χ2v) is 8.70. The third-order valence-electron chi connectivity index (χ3n) is 6.58. The summed E-state index contributed by atoms with van der Waals surface area (Å²) in [5, 5.41) is 11.3. The first kappa shape index (κ1) is 21.9. The number of esters is 1. The van der Waals surface area contributed by atoms with Crippen LogP contribution in [-0.4, -0.2) is 29.7 Å². The molecule has 0 amide bonds. The van der Waals surface area contributed by atoms with Crippen molar-refractivity contribution in [2.24, 2.45) is 5.73 Å². The van der Waals surface area contributed by atoms with Crippen LogP contribution in [0, 0.1) is 0 Å². The Balaban J connectivity index is 1.43. The number of carbonyl (C=O) groups is 2. The summed E-state index contributed by atoms with van der Waals surface area (Å²) in [6.07, 6.45) is -0.332. The van der Waals surface area contributed by atoms with E-state index in [1.165, 1.54) is 0 Å². The van der Waals surface area contributed by atoms with Crippen molar-refractivity contribution in [3.8, 4) is 11.1 Å². The lowest BCUT2D eigenvalue weighted by molar-refractivity contribution is -0.146. The predicted molar refractivity (Wildman–Crippen MR) is 132 cm³/mol. The second-order valence-electron chi connectivity index (χ2n) is 8.70. The molecule has 0 spiro atoms. The van der Waals surface area contributed by atoms with Crippen LogP contribution >= 0.6 is 0 Å². The number of aliphatic carboxylic acids is 1. The van der Waals surface area contributed by atoms with Crippen LogP contribution in [0.1, 0.15) is 34.9 Å². The van der Waals surface area contributed by atoms with Crippen molar-refractivity contribution in [2.75, 3.05) is 6.61 Å². The highest BCUT2D eigenvalue weighted by Gasteiger charge is 2.33. The van der Waals surface area contributed by atoms with Gasteiger partial charge in [0.25, 0.3) is 0 Å². The summed E-state index contributed by atoms with van der Waals surface area (Å²) in [5.74, 6) is -2.52. The van der Waals surface area contributed by atoms with Gasteiger partial charge in [0.1, 0.15) is 6.61 Å². The van der Waals surface area contributed by atoms with E-state index in [0.29, 0.717) is 5.56 Å². The minimum atomic E-state index is -1.05. The van der Waals surface area contributed by atoms with Crippen molar-refractivity contribution >= 4 is 22.7 Å². The highest BCUT2D eigenvalue weighted by molar-refractivity contribution is 5.87. The molecule has 0 bridgehead atoms. The number of hydrogen-bond acceptors (Lipinski definition) is 4. The van der Waals surface area contributed by atoms with Gasteiger partial charge in [0.15, 0.2) is 0 Å². The van der Waals surface area contributed by atoms with Crippen molar-refractivity contribution in [1.29, 1.82) is 0 Å². The summed E-state index contributed by atoms with van der Waals surface area (Å²) < 4.78 is 5.86. The number of fused-ring (bicyclic) bond motifs is 4. The molecule has 3 N–H and O–H groups in total. The van der Waals surface area contributed by atoms with Crippen LogP contribution < -0.4 is 5.73 Å². The zero-order valence-electron chi connectivity index (χ0n) is 18.6. The van der Waals surface area contributed by atoms with Gasteiger partial charge in [-0.15, -0.1) is 0 Å². The topological polar surface area (TPSA) is 89.6 Å². The van der Waals surface area contributed by atoms with Gasteiger partial charge in [0.2, 0.25) is 0 Å². The maximum Gasteiger partial charge on any atom is 0.315 e. The van der Waals surface area contributed by atoms with Crippen LogP contribution in [0.5, 0.6) is 0 Å². The van der Waals surface area contributed by atoms with E-state index in [1.807, 2.05) is 66.7 Å². The Labute approximate surface area is 197 Å². The van der Waals surface area contributed by atoms with E-state index >= 15 is 0 Å². The maximum absolute atomic E-state index is 13.4. The lowest BCUT2D eigenvalue weighted by atomic mass is 9.88. The summed E-state index contributed by atoms with van der Waals surface area (Å²) in [6.45, 7) is 0.163. The highest BCUT2D eigenvalue weighted by Crippen LogP contribution is 2.44. The molecule has 0 fully saturated rings. The summed E-state index contributed by atoms with van der Waals surface area (Å²) >= 11 is 0. The molecule has 0 heterocycles. The summed E-state index contributed by atoms with van der Waals surface area (Å²) in [4.78, 5) is 24.8. The Morgan fingerprint density at radius 1 is 0.824 bits per heavy atom. The number of ether oxygens (including phenoxy) is 1. The van der Waals surface area contributed by atoms with Crippen molar-refractivity contribution in [1.82, 2.24) is 0 Å². The van der Waals surface area contributed by atoms with Crippen LogP contribution in [-0.2, 0) is 14.3 Å². The van der Waals surface area contributed by atoms with E-state index in [2.05, 4.69) is 24.3 Å². The van der Waals surface area contributed by atoms with Crippen LogP contribution in [0.4, 0.5) is 0 Å². The number of hydrogen-bond donors (Lipinski definition) is 2. The Hall–Kier alpha value is -3.96. The van der Waals surface area contributed by atoms with E-state index in [0.717, 1.165) is 33.0 Å². The van der Waals surface area contributed by atoms with E-state index in [1.54, 1.807) is 0 Å². The first-order valence-electron chi connectivity index (χ1n) is 11.3. The minimum absolute atomic E-state index is 0.0794. The molecule has 5 heteroatoms. The first-order chi connectivity index (χ1) is 16.5. The summed E-state index contributed by atoms with van der Waals surface area (Å²) in [5.41, 5.74) is 11.4. The van der Waals surface area contributed by atoms with Gasteiger partial charge >= 0.3 is 11.9 Å². The van der Waals surface area contributed by atoms with Crippen molar-refractivity contribution < 1.29 is 19.4 Å². The lowest BCUT2D eigenvalue weighted by Gasteiger charge is -2.23. The largest absolute Gasteiger partial charge is 0.481 e. The number of nitrogens with two attached hydrogens (primary N) is 1. The molecule has 0 aromatic heterocycles. The third kappa shape index (κ3) is 4.06. The fourth-order valence-electron chi connectivity index (χ4n) is 4.97. The number of rotatable bonds is 7. The fraction of sp³-hybridized carbons (Fsp3) is 0.172. The van der Waals surface area contributed by atoms with Gasteiger partial charge in [-0.2, -0.15) is 0 Å². The second kappa shape index (κ2) is 9.12. The third-order valence-corrected chi connectivity index (χ3v) is 6.58. The average molecular weight is 452 g/mol. The molecule has 170 valence electrons. The molecule has 4 aromatic rings. The Kier molecular flexibility index (Phi) is 5.86. The fourth-order valence-corrected chi connectivity index (χ4v) is 4.97. The summed E-state index contributed by atoms with van der Waals surface area (Å²) in [7, 11) is 0. The minimum Gasteiger partial charge on any atom is -0.481 e. The van der Waals surface area contributed by atoms with Gasteiger partial charge in [-0.05, 0) is 38.6 Å². The normalized spacial score (nSPS) is 14.3. The number of carboxylic acids is 1. The van der Waals surface area contributed by atoms with Gasteiger partial charge in [0, 0.05) is 12.0 Å². The van der Waals surface area contributed by atoms with Gasteiger partial charge < -0.3 is 15.6 Å². The predicted octanol–water partition coefficient (Wildman–Crippen LogP) is 5.08. The number of carbonyl (C=O) groups excluding carboxylic acids is 1. The molecule has 5 rings (SSSR count). The zero-order valence-corrected chi connectivity index (χ0v) is 18.6. The monoisotopic (exact) mass is 451 g/mol. The number of benzene rings is 4. The van der Waals surface area contributed by atoms with Crippen LogP contribution in [0.15, 0.2) is 91.0 Å². The summed E-state index contributed by atoms with van der Waals surface area (Å²) in [6, 6.07) is 28.8. The van der Waals surface area contributed by atoms with Crippen LogP contribution in [0.3, 0.4) is 0 Å². The van der Waals surface area contributed by atoms with Crippen molar-refractivity contribution in [3.63, 3.8) is 0 Å². The van der Waals surface area contributed by atoms with Gasteiger partial charge in [-0.3, -0.25) is 9.59 Å². The Morgan fingerprint density at radius 2 is 1.41 bits per heavy atom. The standard InChI is InChI=1S/C29H25NO4/c30-26(16-27(31)32)28(20-14-13-18-7-1-2-8-19(18)15-20)29(33)34-17-25-23-11-5-3-9-21(23)22-10-4-6-12-24(22)25/h1-15,25-26,28H,16-17,30H2,(H,31,32)/t26-,28?/m1/s1. The van der Waals surface area contributed by atoms with Crippen LogP contribution in [0.25, 0.3) is 21.9 Å². The highest BCUT2D eigenvalue weighted by atomic mass is 16.5. The molecular weight excluding hydrogens is 426 g/mol. The molecule has 0 saturated heterocycles. The van der Waals surface area contributed by atoms with E-state index in [-0.39, 0.29) is 18.9 Å². The number of carboxylic acid groups (broad SMARTS) is 1. The first-order valence-corrected chi connectivity index (χ1v) is 11.3. The van der Waals surface area contributed by atoms with Crippen molar-refractivity contribution in [2.45, 2.75) is 24.3 Å². The molecule has 0 aliphatic heterocycles. The van der Waals surface area contributed by atoms with Gasteiger partial charge in [-0.1, -0.05) is 91.0 Å².